The minimum atomic E-state index is 0.0552. The van der Waals surface area contributed by atoms with E-state index in [0.717, 1.165) is 11.3 Å². The van der Waals surface area contributed by atoms with Crippen LogP contribution in [0, 0.1) is 25.2 Å². The average Bonchev–Trinajstić information content (AvgIpc) is 2.71. The molecule has 0 aromatic heterocycles. The minimum Gasteiger partial charge on any atom is -0.311 e. The number of carbonyl (C=O) groups excluding carboxylic acids is 1. The fourth-order valence-corrected chi connectivity index (χ4v) is 2.33. The minimum absolute atomic E-state index is 0.0552. The smallest absolute Gasteiger partial charge is 0.228 e. The second-order valence-corrected chi connectivity index (χ2v) is 5.27. The Hall–Kier alpha value is -1.75. The normalized spacial score (nSPS) is 19.4. The van der Waals surface area contributed by atoms with Crippen LogP contribution < -0.4 is 4.90 Å². The molecule has 2 nitrogen and oxygen atoms in total. The van der Waals surface area contributed by atoms with Gasteiger partial charge in [0.1, 0.15) is 0 Å². The molecule has 1 heterocycles. The highest BCUT2D eigenvalue weighted by Crippen LogP contribution is 2.30. The Morgan fingerprint density at radius 2 is 2.17 bits per heavy atom. The number of hydrogen-bond acceptors (Lipinski definition) is 1. The van der Waals surface area contributed by atoms with Gasteiger partial charge < -0.3 is 4.90 Å². The van der Waals surface area contributed by atoms with Crippen molar-refractivity contribution in [1.82, 2.24) is 0 Å². The lowest BCUT2D eigenvalue weighted by Gasteiger charge is -2.20. The first kappa shape index (κ1) is 12.7. The molecule has 18 heavy (non-hydrogen) atoms. The van der Waals surface area contributed by atoms with Crippen LogP contribution in [0.5, 0.6) is 0 Å². The SMILES string of the molecule is C#CC1CC(=O)N(c2cc(C(C)C)ccc2C)C1. The second-order valence-electron chi connectivity index (χ2n) is 5.27. The van der Waals surface area contributed by atoms with Gasteiger partial charge in [0, 0.05) is 24.6 Å². The first-order chi connectivity index (χ1) is 8.52. The number of benzene rings is 1. The third-order valence-corrected chi connectivity index (χ3v) is 3.55. The third kappa shape index (κ3) is 2.26. The third-order valence-electron chi connectivity index (χ3n) is 3.55. The number of anilines is 1. The molecule has 1 aliphatic heterocycles. The molecule has 0 saturated carbocycles. The molecule has 2 heteroatoms. The number of amides is 1. The summed E-state index contributed by atoms with van der Waals surface area (Å²) >= 11 is 0. The zero-order valence-electron chi connectivity index (χ0n) is 11.2. The molecule has 1 fully saturated rings. The number of terminal acetylenes is 1. The van der Waals surface area contributed by atoms with Gasteiger partial charge in [-0.2, -0.15) is 0 Å². The maximum Gasteiger partial charge on any atom is 0.228 e. The van der Waals surface area contributed by atoms with E-state index in [-0.39, 0.29) is 11.8 Å². The van der Waals surface area contributed by atoms with Crippen molar-refractivity contribution in [2.45, 2.75) is 33.1 Å². The van der Waals surface area contributed by atoms with Crippen LogP contribution in [0.4, 0.5) is 5.69 Å². The lowest BCUT2D eigenvalue weighted by Crippen LogP contribution is -2.25. The van der Waals surface area contributed by atoms with Crippen LogP contribution in [0.15, 0.2) is 18.2 Å². The number of hydrogen-bond donors (Lipinski definition) is 0. The van der Waals surface area contributed by atoms with Crippen molar-refractivity contribution in [3.05, 3.63) is 29.3 Å². The Morgan fingerprint density at radius 1 is 1.44 bits per heavy atom. The number of rotatable bonds is 2. The maximum absolute atomic E-state index is 12.0. The summed E-state index contributed by atoms with van der Waals surface area (Å²) < 4.78 is 0. The molecule has 1 atom stereocenters. The fourth-order valence-electron chi connectivity index (χ4n) is 2.33. The highest BCUT2D eigenvalue weighted by atomic mass is 16.2. The van der Waals surface area contributed by atoms with E-state index < -0.39 is 0 Å². The second kappa shape index (κ2) is 4.86. The van der Waals surface area contributed by atoms with Gasteiger partial charge in [0.25, 0.3) is 0 Å². The largest absolute Gasteiger partial charge is 0.311 e. The van der Waals surface area contributed by atoms with Crippen molar-refractivity contribution in [1.29, 1.82) is 0 Å². The van der Waals surface area contributed by atoms with E-state index in [0.29, 0.717) is 18.9 Å². The van der Waals surface area contributed by atoms with Gasteiger partial charge in [-0.25, -0.2) is 0 Å². The van der Waals surface area contributed by atoms with Gasteiger partial charge in [-0.15, -0.1) is 12.3 Å². The quantitative estimate of drug-likeness (QED) is 0.729. The number of aryl methyl sites for hydroxylation is 1. The summed E-state index contributed by atoms with van der Waals surface area (Å²) in [6.07, 6.45) is 5.90. The van der Waals surface area contributed by atoms with E-state index in [9.17, 15) is 4.79 Å². The van der Waals surface area contributed by atoms with Crippen molar-refractivity contribution in [2.24, 2.45) is 5.92 Å². The van der Waals surface area contributed by atoms with E-state index in [4.69, 9.17) is 6.42 Å². The monoisotopic (exact) mass is 241 g/mol. The van der Waals surface area contributed by atoms with Crippen molar-refractivity contribution in [2.75, 3.05) is 11.4 Å². The zero-order chi connectivity index (χ0) is 13.3. The predicted octanol–water partition coefficient (Wildman–Crippen LogP) is 3.10. The lowest BCUT2D eigenvalue weighted by atomic mass is 10.00. The van der Waals surface area contributed by atoms with Gasteiger partial charge >= 0.3 is 0 Å². The molecule has 1 aromatic rings. The molecule has 0 radical (unpaired) electrons. The van der Waals surface area contributed by atoms with Gasteiger partial charge in [0.15, 0.2) is 0 Å². The maximum atomic E-state index is 12.0. The first-order valence-corrected chi connectivity index (χ1v) is 6.40. The van der Waals surface area contributed by atoms with Gasteiger partial charge in [-0.1, -0.05) is 26.0 Å². The summed E-state index contributed by atoms with van der Waals surface area (Å²) in [6.45, 7) is 7.00. The molecule has 0 bridgehead atoms. The molecule has 0 spiro atoms. The van der Waals surface area contributed by atoms with Crippen LogP contribution in [0.3, 0.4) is 0 Å². The molecular weight excluding hydrogens is 222 g/mol. The standard InChI is InChI=1S/C16H19NO/c1-5-13-8-16(18)17(10-13)15-9-14(11(2)3)7-6-12(15)4/h1,6-7,9,11,13H,8,10H2,2-4H3. The highest BCUT2D eigenvalue weighted by molar-refractivity contribution is 5.96. The van der Waals surface area contributed by atoms with Crippen LogP contribution in [0.1, 0.15) is 37.3 Å². The van der Waals surface area contributed by atoms with Crippen molar-refractivity contribution >= 4 is 11.6 Å². The summed E-state index contributed by atoms with van der Waals surface area (Å²) in [6, 6.07) is 6.33. The van der Waals surface area contributed by atoms with E-state index in [1.807, 2.05) is 11.8 Å². The Bertz CT molecular complexity index is 510. The number of nitrogens with zero attached hydrogens (tertiary/aromatic N) is 1. The van der Waals surface area contributed by atoms with Crippen LogP contribution >= 0.6 is 0 Å². The zero-order valence-corrected chi connectivity index (χ0v) is 11.2. The van der Waals surface area contributed by atoms with Crippen molar-refractivity contribution < 1.29 is 4.79 Å². The lowest BCUT2D eigenvalue weighted by molar-refractivity contribution is -0.117. The van der Waals surface area contributed by atoms with Crippen LogP contribution in [0.2, 0.25) is 0 Å². The van der Waals surface area contributed by atoms with Crippen LogP contribution in [0.25, 0.3) is 0 Å². The van der Waals surface area contributed by atoms with Crippen LogP contribution in [-0.2, 0) is 4.79 Å². The topological polar surface area (TPSA) is 20.3 Å². The Morgan fingerprint density at radius 3 is 2.72 bits per heavy atom. The Labute approximate surface area is 109 Å². The van der Waals surface area contributed by atoms with Crippen molar-refractivity contribution in [3.8, 4) is 12.3 Å². The molecule has 1 aromatic carbocycles. The molecule has 1 unspecified atom stereocenters. The molecule has 94 valence electrons. The molecule has 1 aliphatic rings. The van der Waals surface area contributed by atoms with Gasteiger partial charge in [-0.3, -0.25) is 4.79 Å². The van der Waals surface area contributed by atoms with Crippen LogP contribution in [-0.4, -0.2) is 12.5 Å². The average molecular weight is 241 g/mol. The highest BCUT2D eigenvalue weighted by Gasteiger charge is 2.30. The van der Waals surface area contributed by atoms with Gasteiger partial charge in [-0.05, 0) is 30.0 Å². The fraction of sp³-hybridized carbons (Fsp3) is 0.438. The summed E-state index contributed by atoms with van der Waals surface area (Å²) in [5, 5.41) is 0. The van der Waals surface area contributed by atoms with E-state index in [2.05, 4.69) is 38.0 Å². The summed E-state index contributed by atoms with van der Waals surface area (Å²) in [5.41, 5.74) is 3.40. The summed E-state index contributed by atoms with van der Waals surface area (Å²) in [7, 11) is 0. The molecule has 0 N–H and O–H groups in total. The molecule has 0 aliphatic carbocycles. The molecule has 1 saturated heterocycles. The van der Waals surface area contributed by atoms with Gasteiger partial charge in [0.2, 0.25) is 5.91 Å². The first-order valence-electron chi connectivity index (χ1n) is 6.40. The predicted molar refractivity (Wildman–Crippen MR) is 74.6 cm³/mol. The van der Waals surface area contributed by atoms with E-state index in [1.165, 1.54) is 5.56 Å². The van der Waals surface area contributed by atoms with E-state index >= 15 is 0 Å². The molecular formula is C16H19NO. The summed E-state index contributed by atoms with van der Waals surface area (Å²) in [5.74, 6) is 3.35. The molecule has 1 amide bonds. The Kier molecular flexibility index (Phi) is 3.43. The van der Waals surface area contributed by atoms with Gasteiger partial charge in [0.05, 0.1) is 0 Å². The summed E-state index contributed by atoms with van der Waals surface area (Å²) in [4.78, 5) is 13.8. The van der Waals surface area contributed by atoms with Crippen molar-refractivity contribution in [3.63, 3.8) is 0 Å². The molecule has 2 rings (SSSR count). The van der Waals surface area contributed by atoms with E-state index in [1.54, 1.807) is 0 Å². The number of carbonyl (C=O) groups is 1. The Balaban J connectivity index is 2.36.